The highest BCUT2D eigenvalue weighted by atomic mass is 16.3. The third-order valence-electron chi connectivity index (χ3n) is 4.61. The lowest BCUT2D eigenvalue weighted by atomic mass is 9.71. The summed E-state index contributed by atoms with van der Waals surface area (Å²) in [4.78, 5) is 10.7. The van der Waals surface area contributed by atoms with Gasteiger partial charge in [0.05, 0.1) is 5.60 Å². The molecular weight excluding hydrogens is 240 g/mol. The summed E-state index contributed by atoms with van der Waals surface area (Å²) in [5.41, 5.74) is 6.18. The molecule has 0 aromatic carbocycles. The summed E-state index contributed by atoms with van der Waals surface area (Å²) in [6, 6.07) is 1.98. The molecule has 2 atom stereocenters. The standard InChI is InChI=1S/C14H22N4O/c1-10-8-12(17-13(15)16-10)18-7-6-14(19)5-3-2-4-11(14)9-18/h8,11,19H,2-7,9H2,1H3,(H2,15,16,17)/t11-,14-/m0/s1. The zero-order valence-electron chi connectivity index (χ0n) is 11.5. The molecule has 19 heavy (non-hydrogen) atoms. The van der Waals surface area contributed by atoms with E-state index in [1.807, 2.05) is 13.0 Å². The first-order chi connectivity index (χ1) is 9.07. The van der Waals surface area contributed by atoms with Crippen LogP contribution in [0.5, 0.6) is 0 Å². The van der Waals surface area contributed by atoms with Crippen LogP contribution >= 0.6 is 0 Å². The van der Waals surface area contributed by atoms with Crippen LogP contribution in [0.4, 0.5) is 11.8 Å². The van der Waals surface area contributed by atoms with Crippen molar-refractivity contribution in [1.29, 1.82) is 0 Å². The van der Waals surface area contributed by atoms with E-state index < -0.39 is 5.60 Å². The predicted molar refractivity (Wildman–Crippen MR) is 74.9 cm³/mol. The summed E-state index contributed by atoms with van der Waals surface area (Å²) in [5, 5.41) is 10.7. The Morgan fingerprint density at radius 1 is 1.37 bits per heavy atom. The van der Waals surface area contributed by atoms with E-state index in [0.717, 1.165) is 50.3 Å². The monoisotopic (exact) mass is 262 g/mol. The van der Waals surface area contributed by atoms with Crippen molar-refractivity contribution >= 4 is 11.8 Å². The molecule has 0 unspecified atom stereocenters. The number of hydrogen-bond acceptors (Lipinski definition) is 5. The normalized spacial score (nSPS) is 31.1. The molecule has 104 valence electrons. The molecule has 1 aromatic rings. The lowest BCUT2D eigenvalue weighted by Gasteiger charge is -2.47. The minimum atomic E-state index is -0.442. The van der Waals surface area contributed by atoms with Crippen molar-refractivity contribution < 1.29 is 5.11 Å². The first-order valence-electron chi connectivity index (χ1n) is 7.15. The molecule has 1 aromatic heterocycles. The molecule has 0 bridgehead atoms. The van der Waals surface area contributed by atoms with Crippen molar-refractivity contribution in [2.24, 2.45) is 5.92 Å². The predicted octanol–water partition coefficient (Wildman–Crippen LogP) is 1.50. The van der Waals surface area contributed by atoms with E-state index in [0.29, 0.717) is 11.9 Å². The van der Waals surface area contributed by atoms with E-state index in [1.54, 1.807) is 0 Å². The van der Waals surface area contributed by atoms with Gasteiger partial charge in [-0.15, -0.1) is 0 Å². The van der Waals surface area contributed by atoms with Crippen molar-refractivity contribution in [1.82, 2.24) is 9.97 Å². The molecule has 2 fully saturated rings. The molecule has 0 spiro atoms. The Bertz CT molecular complexity index is 458. The number of fused-ring (bicyclic) bond motifs is 1. The van der Waals surface area contributed by atoms with Crippen LogP contribution in [0.1, 0.15) is 37.8 Å². The number of aliphatic hydroxyl groups is 1. The van der Waals surface area contributed by atoms with Gasteiger partial charge in [0.2, 0.25) is 5.95 Å². The fourth-order valence-corrected chi connectivity index (χ4v) is 3.52. The Morgan fingerprint density at radius 3 is 3.00 bits per heavy atom. The topological polar surface area (TPSA) is 75.3 Å². The third-order valence-corrected chi connectivity index (χ3v) is 4.61. The van der Waals surface area contributed by atoms with Crippen molar-refractivity contribution in [3.05, 3.63) is 11.8 Å². The average Bonchev–Trinajstić information content (AvgIpc) is 2.36. The van der Waals surface area contributed by atoms with E-state index in [4.69, 9.17) is 5.73 Å². The summed E-state index contributed by atoms with van der Waals surface area (Å²) >= 11 is 0. The molecule has 2 heterocycles. The van der Waals surface area contributed by atoms with Gasteiger partial charge in [-0.1, -0.05) is 12.8 Å². The van der Waals surface area contributed by atoms with Gasteiger partial charge in [0, 0.05) is 30.8 Å². The van der Waals surface area contributed by atoms with Gasteiger partial charge in [-0.3, -0.25) is 0 Å². The van der Waals surface area contributed by atoms with Crippen LogP contribution in [0.2, 0.25) is 0 Å². The molecule has 3 N–H and O–H groups in total. The van der Waals surface area contributed by atoms with Gasteiger partial charge >= 0.3 is 0 Å². The lowest BCUT2D eigenvalue weighted by Crippen LogP contribution is -2.53. The van der Waals surface area contributed by atoms with Crippen molar-refractivity contribution in [3.8, 4) is 0 Å². The summed E-state index contributed by atoms with van der Waals surface area (Å²) in [7, 11) is 0. The van der Waals surface area contributed by atoms with Crippen molar-refractivity contribution in [3.63, 3.8) is 0 Å². The number of nitrogens with two attached hydrogens (primary N) is 1. The van der Waals surface area contributed by atoms with Crippen LogP contribution < -0.4 is 10.6 Å². The molecule has 1 saturated heterocycles. The van der Waals surface area contributed by atoms with Crippen LogP contribution in [0.15, 0.2) is 6.07 Å². The van der Waals surface area contributed by atoms with Crippen LogP contribution in [-0.4, -0.2) is 33.8 Å². The zero-order chi connectivity index (χ0) is 13.5. The summed E-state index contributed by atoms with van der Waals surface area (Å²) < 4.78 is 0. The number of anilines is 2. The number of aromatic nitrogens is 2. The highest BCUT2D eigenvalue weighted by Crippen LogP contribution is 2.40. The highest BCUT2D eigenvalue weighted by molar-refractivity contribution is 5.44. The fraction of sp³-hybridized carbons (Fsp3) is 0.714. The average molecular weight is 262 g/mol. The SMILES string of the molecule is Cc1cc(N2CC[C@@]3(O)CCCC[C@H]3C2)nc(N)n1. The van der Waals surface area contributed by atoms with Gasteiger partial charge in [0.1, 0.15) is 5.82 Å². The second-order valence-electron chi connectivity index (χ2n) is 5.97. The number of rotatable bonds is 1. The zero-order valence-corrected chi connectivity index (χ0v) is 11.5. The summed E-state index contributed by atoms with van der Waals surface area (Å²) in [6.45, 7) is 3.66. The van der Waals surface area contributed by atoms with Crippen LogP contribution in [0, 0.1) is 12.8 Å². The number of nitrogens with zero attached hydrogens (tertiary/aromatic N) is 3. The molecule has 0 amide bonds. The van der Waals surface area contributed by atoms with Gasteiger partial charge in [0.15, 0.2) is 0 Å². The maximum Gasteiger partial charge on any atom is 0.222 e. The summed E-state index contributed by atoms with van der Waals surface area (Å²) in [5.74, 6) is 1.60. The molecule has 0 radical (unpaired) electrons. The highest BCUT2D eigenvalue weighted by Gasteiger charge is 2.43. The molecule has 1 saturated carbocycles. The van der Waals surface area contributed by atoms with Gasteiger partial charge in [-0.2, -0.15) is 4.98 Å². The Kier molecular flexibility index (Phi) is 3.09. The molecule has 1 aliphatic heterocycles. The lowest BCUT2D eigenvalue weighted by molar-refractivity contribution is -0.0613. The minimum Gasteiger partial charge on any atom is -0.389 e. The van der Waals surface area contributed by atoms with Gasteiger partial charge in [0.25, 0.3) is 0 Å². The molecule has 5 nitrogen and oxygen atoms in total. The molecule has 2 aliphatic rings. The smallest absolute Gasteiger partial charge is 0.222 e. The quantitative estimate of drug-likeness (QED) is 0.802. The second kappa shape index (κ2) is 4.63. The fourth-order valence-electron chi connectivity index (χ4n) is 3.52. The molecule has 5 heteroatoms. The molecule has 3 rings (SSSR count). The molecular formula is C14H22N4O. The third kappa shape index (κ3) is 2.39. The van der Waals surface area contributed by atoms with Crippen LogP contribution in [0.3, 0.4) is 0 Å². The van der Waals surface area contributed by atoms with E-state index in [9.17, 15) is 5.11 Å². The summed E-state index contributed by atoms with van der Waals surface area (Å²) in [6.07, 6.45) is 5.29. The number of hydrogen-bond donors (Lipinski definition) is 2. The Hall–Kier alpha value is -1.36. The maximum absolute atomic E-state index is 10.7. The van der Waals surface area contributed by atoms with Gasteiger partial charge in [-0.25, -0.2) is 4.98 Å². The van der Waals surface area contributed by atoms with E-state index in [2.05, 4.69) is 14.9 Å². The van der Waals surface area contributed by atoms with E-state index >= 15 is 0 Å². The first kappa shape index (κ1) is 12.7. The Morgan fingerprint density at radius 2 is 2.21 bits per heavy atom. The van der Waals surface area contributed by atoms with Gasteiger partial charge < -0.3 is 15.7 Å². The van der Waals surface area contributed by atoms with E-state index in [1.165, 1.54) is 6.42 Å². The number of aryl methyl sites for hydroxylation is 1. The number of nitrogen functional groups attached to an aromatic ring is 1. The molecule has 1 aliphatic carbocycles. The Labute approximate surface area is 113 Å². The second-order valence-corrected chi connectivity index (χ2v) is 5.97. The van der Waals surface area contributed by atoms with Crippen molar-refractivity contribution in [2.45, 2.75) is 44.6 Å². The van der Waals surface area contributed by atoms with Crippen LogP contribution in [0.25, 0.3) is 0 Å². The first-order valence-corrected chi connectivity index (χ1v) is 7.15. The Balaban J connectivity index is 1.80. The van der Waals surface area contributed by atoms with E-state index in [-0.39, 0.29) is 0 Å². The maximum atomic E-state index is 10.7. The minimum absolute atomic E-state index is 0.333. The van der Waals surface area contributed by atoms with Crippen LogP contribution in [-0.2, 0) is 0 Å². The van der Waals surface area contributed by atoms with Gasteiger partial charge in [-0.05, 0) is 26.2 Å². The van der Waals surface area contributed by atoms with Crippen molar-refractivity contribution in [2.75, 3.05) is 23.7 Å². The number of piperidine rings is 1. The largest absolute Gasteiger partial charge is 0.389 e.